The summed E-state index contributed by atoms with van der Waals surface area (Å²) in [5.41, 5.74) is 2.81. The van der Waals surface area contributed by atoms with Crippen LogP contribution < -0.4 is 0 Å². The molecule has 0 aliphatic carbocycles. The third-order valence-electron chi connectivity index (χ3n) is 2.13. The van der Waals surface area contributed by atoms with Gasteiger partial charge in [0.05, 0.1) is 5.69 Å². The molecule has 0 amide bonds. The fraction of sp³-hybridized carbons (Fsp3) is 0.182. The maximum Gasteiger partial charge on any atom is 0.122 e. The van der Waals surface area contributed by atoms with E-state index in [1.54, 1.807) is 0 Å². The van der Waals surface area contributed by atoms with Crippen LogP contribution in [0.1, 0.15) is 22.9 Å². The second kappa shape index (κ2) is 3.90. The molecule has 1 heterocycles. The van der Waals surface area contributed by atoms with Crippen LogP contribution in [0.2, 0.25) is 0 Å². The van der Waals surface area contributed by atoms with E-state index in [0.29, 0.717) is 0 Å². The molecule has 3 heteroatoms. The lowest BCUT2D eigenvalue weighted by Crippen LogP contribution is -1.99. The monoisotopic (exact) mass is 205 g/mol. The number of aryl methyl sites for hydroxylation is 1. The van der Waals surface area contributed by atoms with Gasteiger partial charge in [0.25, 0.3) is 0 Å². The number of aliphatic hydroxyl groups is 1. The van der Waals surface area contributed by atoms with Crippen LogP contribution in [0.25, 0.3) is 0 Å². The van der Waals surface area contributed by atoms with Crippen LogP contribution in [0, 0.1) is 6.92 Å². The van der Waals surface area contributed by atoms with Gasteiger partial charge in [-0.25, -0.2) is 0 Å². The predicted molar refractivity (Wildman–Crippen MR) is 57.4 cm³/mol. The van der Waals surface area contributed by atoms with Crippen molar-refractivity contribution in [3.63, 3.8) is 0 Å². The third-order valence-corrected chi connectivity index (χ3v) is 2.71. The molecule has 0 aliphatic rings. The summed E-state index contributed by atoms with van der Waals surface area (Å²) in [5.74, 6) is 0. The molecule has 1 aromatic heterocycles. The van der Waals surface area contributed by atoms with E-state index < -0.39 is 6.10 Å². The minimum atomic E-state index is -0.596. The van der Waals surface area contributed by atoms with Gasteiger partial charge >= 0.3 is 0 Å². The number of benzene rings is 1. The zero-order valence-electron chi connectivity index (χ0n) is 7.84. The van der Waals surface area contributed by atoms with Crippen molar-refractivity contribution in [2.24, 2.45) is 0 Å². The molecular weight excluding hydrogens is 194 g/mol. The van der Waals surface area contributed by atoms with Crippen molar-refractivity contribution in [1.82, 2.24) is 4.37 Å². The summed E-state index contributed by atoms with van der Waals surface area (Å²) in [4.78, 5) is 0. The highest BCUT2D eigenvalue weighted by atomic mass is 32.1. The highest BCUT2D eigenvalue weighted by molar-refractivity contribution is 7.03. The van der Waals surface area contributed by atoms with Gasteiger partial charge in [-0.3, -0.25) is 0 Å². The Morgan fingerprint density at radius 3 is 2.50 bits per heavy atom. The molecule has 2 nitrogen and oxygen atoms in total. The zero-order chi connectivity index (χ0) is 9.97. The first kappa shape index (κ1) is 9.37. The van der Waals surface area contributed by atoms with Gasteiger partial charge in [0, 0.05) is 5.38 Å². The fourth-order valence-electron chi connectivity index (χ4n) is 1.28. The van der Waals surface area contributed by atoms with Crippen LogP contribution in [0.4, 0.5) is 0 Å². The Kier molecular flexibility index (Phi) is 2.61. The van der Waals surface area contributed by atoms with Gasteiger partial charge in [-0.2, -0.15) is 4.37 Å². The Morgan fingerprint density at radius 1 is 1.21 bits per heavy atom. The number of nitrogens with zero attached hydrogens (tertiary/aromatic N) is 1. The molecule has 0 saturated heterocycles. The summed E-state index contributed by atoms with van der Waals surface area (Å²) in [7, 11) is 0. The van der Waals surface area contributed by atoms with Gasteiger partial charge in [-0.05, 0) is 30.1 Å². The van der Waals surface area contributed by atoms with Crippen molar-refractivity contribution < 1.29 is 5.11 Å². The molecule has 1 N–H and O–H groups in total. The molecule has 0 spiro atoms. The van der Waals surface area contributed by atoms with E-state index in [9.17, 15) is 5.11 Å². The van der Waals surface area contributed by atoms with Crippen LogP contribution >= 0.6 is 11.5 Å². The molecule has 1 atom stereocenters. The van der Waals surface area contributed by atoms with Crippen LogP contribution in [0.15, 0.2) is 35.7 Å². The molecule has 0 aliphatic heterocycles. The molecule has 0 radical (unpaired) electrons. The van der Waals surface area contributed by atoms with Gasteiger partial charge in [-0.1, -0.05) is 29.8 Å². The maximum atomic E-state index is 9.92. The lowest BCUT2D eigenvalue weighted by molar-refractivity contribution is 0.216. The summed E-state index contributed by atoms with van der Waals surface area (Å²) in [6.45, 7) is 2.03. The van der Waals surface area contributed by atoms with E-state index in [1.807, 2.05) is 42.6 Å². The van der Waals surface area contributed by atoms with Crippen LogP contribution in [-0.4, -0.2) is 9.48 Å². The first-order valence-corrected chi connectivity index (χ1v) is 5.26. The summed E-state index contributed by atoms with van der Waals surface area (Å²) in [6.07, 6.45) is -0.596. The predicted octanol–water partition coefficient (Wildman–Crippen LogP) is 2.53. The van der Waals surface area contributed by atoms with E-state index in [1.165, 1.54) is 17.1 Å². The summed E-state index contributed by atoms with van der Waals surface area (Å²) in [6, 6.07) is 9.68. The molecule has 2 rings (SSSR count). The van der Waals surface area contributed by atoms with E-state index in [2.05, 4.69) is 4.37 Å². The van der Waals surface area contributed by atoms with E-state index in [4.69, 9.17) is 0 Å². The second-order valence-electron chi connectivity index (χ2n) is 3.24. The molecule has 0 bridgehead atoms. The second-order valence-corrected chi connectivity index (χ2v) is 3.90. The highest BCUT2D eigenvalue weighted by Crippen LogP contribution is 2.21. The van der Waals surface area contributed by atoms with Gasteiger partial charge < -0.3 is 5.11 Å². The maximum absolute atomic E-state index is 9.92. The SMILES string of the molecule is Cc1ccc(C(O)c2ccsn2)cc1. The zero-order valence-corrected chi connectivity index (χ0v) is 8.66. The Balaban J connectivity index is 2.28. The summed E-state index contributed by atoms with van der Waals surface area (Å²) < 4.78 is 4.11. The number of rotatable bonds is 2. The quantitative estimate of drug-likeness (QED) is 0.817. The molecular formula is C11H11NOS. The number of hydrogen-bond donors (Lipinski definition) is 1. The highest BCUT2D eigenvalue weighted by Gasteiger charge is 2.11. The van der Waals surface area contributed by atoms with Crippen molar-refractivity contribution in [3.8, 4) is 0 Å². The topological polar surface area (TPSA) is 33.1 Å². The Bertz CT molecular complexity index is 394. The minimum Gasteiger partial charge on any atom is -0.382 e. The normalized spacial score (nSPS) is 12.7. The standard InChI is InChI=1S/C11H11NOS/c1-8-2-4-9(5-3-8)11(13)10-6-7-14-12-10/h2-7,11,13H,1H3. The first-order chi connectivity index (χ1) is 6.77. The summed E-state index contributed by atoms with van der Waals surface area (Å²) in [5, 5.41) is 11.8. The first-order valence-electron chi connectivity index (χ1n) is 4.42. The van der Waals surface area contributed by atoms with Gasteiger partial charge in [-0.15, -0.1) is 0 Å². The molecule has 1 aromatic carbocycles. The molecule has 2 aromatic rings. The molecule has 14 heavy (non-hydrogen) atoms. The molecule has 0 fully saturated rings. The van der Waals surface area contributed by atoms with Crippen molar-refractivity contribution in [3.05, 3.63) is 52.5 Å². The Labute approximate surface area is 87.0 Å². The number of aromatic nitrogens is 1. The van der Waals surface area contributed by atoms with Crippen LogP contribution in [-0.2, 0) is 0 Å². The Morgan fingerprint density at radius 2 is 1.93 bits per heavy atom. The van der Waals surface area contributed by atoms with E-state index in [0.717, 1.165) is 11.3 Å². The molecule has 1 unspecified atom stereocenters. The average Bonchev–Trinajstić information content (AvgIpc) is 2.71. The third kappa shape index (κ3) is 1.84. The van der Waals surface area contributed by atoms with Gasteiger partial charge in [0.15, 0.2) is 0 Å². The smallest absolute Gasteiger partial charge is 0.122 e. The summed E-state index contributed by atoms with van der Waals surface area (Å²) >= 11 is 1.36. The van der Waals surface area contributed by atoms with Crippen molar-refractivity contribution >= 4 is 11.5 Å². The van der Waals surface area contributed by atoms with Crippen molar-refractivity contribution in [1.29, 1.82) is 0 Å². The van der Waals surface area contributed by atoms with Crippen LogP contribution in [0.5, 0.6) is 0 Å². The average molecular weight is 205 g/mol. The van der Waals surface area contributed by atoms with Crippen molar-refractivity contribution in [2.45, 2.75) is 13.0 Å². The number of aliphatic hydroxyl groups excluding tert-OH is 1. The lowest BCUT2D eigenvalue weighted by atomic mass is 10.1. The van der Waals surface area contributed by atoms with Crippen LogP contribution in [0.3, 0.4) is 0 Å². The minimum absolute atomic E-state index is 0.596. The Hall–Kier alpha value is -1.19. The molecule has 72 valence electrons. The fourth-order valence-corrected chi connectivity index (χ4v) is 1.83. The van der Waals surface area contributed by atoms with E-state index >= 15 is 0 Å². The number of hydrogen-bond acceptors (Lipinski definition) is 3. The van der Waals surface area contributed by atoms with Gasteiger partial charge in [0.1, 0.15) is 6.10 Å². The molecule has 0 saturated carbocycles. The van der Waals surface area contributed by atoms with Gasteiger partial charge in [0.2, 0.25) is 0 Å². The van der Waals surface area contributed by atoms with E-state index in [-0.39, 0.29) is 0 Å². The lowest BCUT2D eigenvalue weighted by Gasteiger charge is -2.07. The van der Waals surface area contributed by atoms with Crippen molar-refractivity contribution in [2.75, 3.05) is 0 Å². The largest absolute Gasteiger partial charge is 0.382 e.